The molecule has 2 aromatic carbocycles. The third-order valence-corrected chi connectivity index (χ3v) is 6.26. The third-order valence-electron chi connectivity index (χ3n) is 6.26. The number of hydrogen-bond donors (Lipinski definition) is 0. The molecule has 5 rings (SSSR count). The monoisotopic (exact) mass is 435 g/mol. The Balaban J connectivity index is 1.32. The Bertz CT molecular complexity index is 1150. The number of nitro benzene ring substituents is 1. The first kappa shape index (κ1) is 20.0. The summed E-state index contributed by atoms with van der Waals surface area (Å²) in [5, 5.41) is 16.5. The summed E-state index contributed by atoms with van der Waals surface area (Å²) in [5.41, 5.74) is 0.727. The first-order valence-electron chi connectivity index (χ1n) is 10.2. The lowest BCUT2D eigenvalue weighted by Gasteiger charge is -2.13. The molecule has 9 heteroatoms. The Morgan fingerprint density at radius 1 is 1.09 bits per heavy atom. The van der Waals surface area contributed by atoms with Crippen molar-refractivity contribution in [1.82, 2.24) is 5.01 Å². The summed E-state index contributed by atoms with van der Waals surface area (Å²) >= 11 is 0. The molecule has 2 aliphatic carbocycles. The average molecular weight is 435 g/mol. The zero-order valence-corrected chi connectivity index (χ0v) is 16.8. The second kappa shape index (κ2) is 7.67. The molecule has 2 bridgehead atoms. The maximum absolute atomic E-state index is 13.0. The molecule has 2 amide bonds. The van der Waals surface area contributed by atoms with Crippen LogP contribution in [-0.2, 0) is 16.2 Å². The van der Waals surface area contributed by atoms with E-state index in [1.807, 2.05) is 12.2 Å². The van der Waals surface area contributed by atoms with Crippen molar-refractivity contribution in [1.29, 1.82) is 0 Å². The number of ether oxygens (including phenoxy) is 1. The van der Waals surface area contributed by atoms with E-state index >= 15 is 0 Å². The van der Waals surface area contributed by atoms with Crippen LogP contribution in [0.1, 0.15) is 17.5 Å². The van der Waals surface area contributed by atoms with Gasteiger partial charge in [0.1, 0.15) is 12.4 Å². The summed E-state index contributed by atoms with van der Waals surface area (Å²) in [6.45, 7) is 0.0322. The van der Waals surface area contributed by atoms with Crippen LogP contribution in [0.15, 0.2) is 59.7 Å². The van der Waals surface area contributed by atoms with Crippen molar-refractivity contribution in [3.05, 3.63) is 81.7 Å². The van der Waals surface area contributed by atoms with Gasteiger partial charge in [0.2, 0.25) is 0 Å². The highest BCUT2D eigenvalue weighted by Crippen LogP contribution is 2.52. The lowest BCUT2D eigenvalue weighted by Crippen LogP contribution is -2.28. The number of carbonyl (C=O) groups is 2. The van der Waals surface area contributed by atoms with Crippen LogP contribution in [0.3, 0.4) is 0 Å². The molecule has 8 nitrogen and oxygen atoms in total. The fraction of sp³-hybridized carbons (Fsp3) is 0.261. The SMILES string of the molecule is O=C1[C@@H]2[C@H](C(=O)N1N=Cc1ccc(OCc3ccc(F)cc3)c([N+](=O)[O-])c1)[C@H]1C=C[C@H]2C1. The van der Waals surface area contributed by atoms with Gasteiger partial charge in [0.25, 0.3) is 11.8 Å². The van der Waals surface area contributed by atoms with E-state index in [0.717, 1.165) is 11.4 Å². The normalized spacial score (nSPS) is 25.7. The molecule has 1 saturated carbocycles. The van der Waals surface area contributed by atoms with Gasteiger partial charge < -0.3 is 4.74 Å². The van der Waals surface area contributed by atoms with Crippen molar-refractivity contribution in [2.75, 3.05) is 0 Å². The minimum Gasteiger partial charge on any atom is -0.482 e. The number of allylic oxidation sites excluding steroid dienone is 2. The molecular weight excluding hydrogens is 417 g/mol. The van der Waals surface area contributed by atoms with Crippen molar-refractivity contribution >= 4 is 23.7 Å². The van der Waals surface area contributed by atoms with Crippen LogP contribution in [0.25, 0.3) is 0 Å². The molecule has 1 saturated heterocycles. The zero-order chi connectivity index (χ0) is 22.4. The topological polar surface area (TPSA) is 102 Å². The Kier molecular flexibility index (Phi) is 4.80. The fourth-order valence-electron chi connectivity index (χ4n) is 4.75. The summed E-state index contributed by atoms with van der Waals surface area (Å²) in [7, 11) is 0. The second-order valence-corrected chi connectivity index (χ2v) is 8.13. The predicted octanol–water partition coefficient (Wildman–Crippen LogP) is 3.45. The first-order valence-corrected chi connectivity index (χ1v) is 10.2. The number of nitro groups is 1. The molecule has 3 aliphatic rings. The molecule has 0 radical (unpaired) electrons. The number of nitrogens with zero attached hydrogens (tertiary/aromatic N) is 3. The summed E-state index contributed by atoms with van der Waals surface area (Å²) in [4.78, 5) is 36.3. The molecule has 2 aromatic rings. The van der Waals surface area contributed by atoms with Crippen molar-refractivity contribution in [2.24, 2.45) is 28.8 Å². The van der Waals surface area contributed by atoms with Gasteiger partial charge in [-0.3, -0.25) is 19.7 Å². The molecular formula is C23H18FN3O5. The number of hydrazone groups is 1. The molecule has 4 atom stereocenters. The molecule has 0 N–H and O–H groups in total. The van der Waals surface area contributed by atoms with E-state index in [0.29, 0.717) is 11.1 Å². The van der Waals surface area contributed by atoms with Crippen LogP contribution < -0.4 is 4.74 Å². The summed E-state index contributed by atoms with van der Waals surface area (Å²) in [5.74, 6) is -1.52. The molecule has 0 unspecified atom stereocenters. The number of imide groups is 1. The minimum atomic E-state index is -0.586. The number of halogens is 1. The van der Waals surface area contributed by atoms with Gasteiger partial charge in [-0.25, -0.2) is 4.39 Å². The number of benzene rings is 2. The maximum Gasteiger partial charge on any atom is 0.311 e. The van der Waals surface area contributed by atoms with Crippen molar-refractivity contribution < 1.29 is 23.6 Å². The van der Waals surface area contributed by atoms with E-state index in [1.165, 1.54) is 42.6 Å². The molecule has 0 spiro atoms. The van der Waals surface area contributed by atoms with E-state index in [-0.39, 0.29) is 59.3 Å². The van der Waals surface area contributed by atoms with Crippen molar-refractivity contribution in [3.63, 3.8) is 0 Å². The number of fused-ring (bicyclic) bond motifs is 5. The maximum atomic E-state index is 13.0. The van der Waals surface area contributed by atoms with Crippen LogP contribution in [0.2, 0.25) is 0 Å². The summed E-state index contributed by atoms with van der Waals surface area (Å²) in [6.07, 6.45) is 6.09. The molecule has 1 aliphatic heterocycles. The lowest BCUT2D eigenvalue weighted by molar-refractivity contribution is -0.385. The third kappa shape index (κ3) is 3.35. The Hall–Kier alpha value is -3.88. The molecule has 1 heterocycles. The fourth-order valence-corrected chi connectivity index (χ4v) is 4.75. The number of rotatable bonds is 6. The molecule has 162 valence electrons. The highest BCUT2D eigenvalue weighted by atomic mass is 19.1. The van der Waals surface area contributed by atoms with Gasteiger partial charge in [0.15, 0.2) is 5.75 Å². The molecule has 32 heavy (non-hydrogen) atoms. The van der Waals surface area contributed by atoms with Gasteiger partial charge in [-0.15, -0.1) is 0 Å². The van der Waals surface area contributed by atoms with Gasteiger partial charge in [-0.2, -0.15) is 10.1 Å². The average Bonchev–Trinajstić information content (AvgIpc) is 3.46. The van der Waals surface area contributed by atoms with E-state index in [9.17, 15) is 24.1 Å². The molecule has 2 fully saturated rings. The predicted molar refractivity (Wildman–Crippen MR) is 111 cm³/mol. The van der Waals surface area contributed by atoms with Gasteiger partial charge in [-0.1, -0.05) is 24.3 Å². The molecule has 0 aromatic heterocycles. The van der Waals surface area contributed by atoms with Crippen LogP contribution in [0, 0.1) is 39.6 Å². The highest BCUT2D eigenvalue weighted by molar-refractivity contribution is 6.06. The largest absolute Gasteiger partial charge is 0.482 e. The standard InChI is InChI=1S/C23H18FN3O5/c24-17-6-1-13(2-7-17)12-32-19-8-3-14(9-18(19)27(30)31)11-25-26-22(28)20-15-4-5-16(10-15)21(20)23(26)29/h1-9,11,15-16,20-21H,10,12H2/t15-,16-,20-,21+/m0/s1. The second-order valence-electron chi connectivity index (χ2n) is 8.13. The zero-order valence-electron chi connectivity index (χ0n) is 16.8. The van der Waals surface area contributed by atoms with Crippen molar-refractivity contribution in [2.45, 2.75) is 13.0 Å². The van der Waals surface area contributed by atoms with Crippen LogP contribution in [-0.4, -0.2) is 28.0 Å². The Morgan fingerprint density at radius 2 is 1.75 bits per heavy atom. The Morgan fingerprint density at radius 3 is 2.38 bits per heavy atom. The van der Waals surface area contributed by atoms with Crippen molar-refractivity contribution in [3.8, 4) is 5.75 Å². The highest BCUT2D eigenvalue weighted by Gasteiger charge is 2.59. The lowest BCUT2D eigenvalue weighted by atomic mass is 9.85. The smallest absolute Gasteiger partial charge is 0.311 e. The van der Waals surface area contributed by atoms with Gasteiger partial charge in [0.05, 0.1) is 23.0 Å². The van der Waals surface area contributed by atoms with Crippen LogP contribution >= 0.6 is 0 Å². The van der Waals surface area contributed by atoms with Gasteiger partial charge in [0, 0.05) is 11.6 Å². The Labute approximate surface area is 182 Å². The van der Waals surface area contributed by atoms with Gasteiger partial charge in [-0.05, 0) is 48.1 Å². The number of amides is 2. The first-order chi connectivity index (χ1) is 15.4. The quantitative estimate of drug-likeness (QED) is 0.227. The number of hydrogen-bond acceptors (Lipinski definition) is 6. The van der Waals surface area contributed by atoms with E-state index in [2.05, 4.69) is 5.10 Å². The van der Waals surface area contributed by atoms with E-state index in [4.69, 9.17) is 4.74 Å². The van der Waals surface area contributed by atoms with Crippen LogP contribution in [0.4, 0.5) is 10.1 Å². The minimum absolute atomic E-state index is 0.0322. The summed E-state index contributed by atoms with van der Waals surface area (Å²) < 4.78 is 18.6. The van der Waals surface area contributed by atoms with Gasteiger partial charge >= 0.3 is 5.69 Å². The van der Waals surface area contributed by atoms with E-state index < -0.39 is 4.92 Å². The summed E-state index contributed by atoms with van der Waals surface area (Å²) in [6, 6.07) is 9.86. The number of carbonyl (C=O) groups excluding carboxylic acids is 2. The van der Waals surface area contributed by atoms with Crippen LogP contribution in [0.5, 0.6) is 5.75 Å². The van der Waals surface area contributed by atoms with E-state index in [1.54, 1.807) is 6.07 Å².